The summed E-state index contributed by atoms with van der Waals surface area (Å²) in [6.07, 6.45) is 9.61. The average Bonchev–Trinajstić information content (AvgIpc) is 2.49. The van der Waals surface area contributed by atoms with Gasteiger partial charge in [0.25, 0.3) is 0 Å². The van der Waals surface area contributed by atoms with E-state index < -0.39 is 0 Å². The van der Waals surface area contributed by atoms with Crippen LogP contribution in [0.3, 0.4) is 0 Å². The van der Waals surface area contributed by atoms with Gasteiger partial charge in [-0.1, -0.05) is 57.2 Å². The Kier molecular flexibility index (Phi) is 6.93. The van der Waals surface area contributed by atoms with Gasteiger partial charge in [0.1, 0.15) is 5.75 Å². The van der Waals surface area contributed by atoms with E-state index in [9.17, 15) is 0 Å². The second-order valence-electron chi connectivity index (χ2n) is 5.94. The molecule has 1 atom stereocenters. The summed E-state index contributed by atoms with van der Waals surface area (Å²) in [5.74, 6) is 1.92. The lowest BCUT2D eigenvalue weighted by Gasteiger charge is -2.27. The van der Waals surface area contributed by atoms with Crippen molar-refractivity contribution in [1.29, 1.82) is 0 Å². The molecule has 1 N–H and O–H groups in total. The van der Waals surface area contributed by atoms with Crippen LogP contribution < -0.4 is 10.1 Å². The predicted molar refractivity (Wildman–Crippen MR) is 85.2 cm³/mol. The first-order valence-corrected chi connectivity index (χ1v) is 8.29. The van der Waals surface area contributed by atoms with Gasteiger partial charge >= 0.3 is 0 Å². The SMILES string of the molecule is CCNC(CCOc1ccccc1)CC1CCCCC1. The van der Waals surface area contributed by atoms with Gasteiger partial charge in [0.05, 0.1) is 6.61 Å². The Morgan fingerprint density at radius 1 is 1.15 bits per heavy atom. The number of ether oxygens (including phenoxy) is 1. The van der Waals surface area contributed by atoms with Crippen LogP contribution in [0.1, 0.15) is 51.9 Å². The molecule has 1 aliphatic carbocycles. The second-order valence-corrected chi connectivity index (χ2v) is 5.94. The Labute approximate surface area is 123 Å². The molecule has 0 spiro atoms. The van der Waals surface area contributed by atoms with Gasteiger partial charge in [-0.2, -0.15) is 0 Å². The largest absolute Gasteiger partial charge is 0.494 e. The quantitative estimate of drug-likeness (QED) is 0.759. The van der Waals surface area contributed by atoms with E-state index in [2.05, 4.69) is 12.2 Å². The lowest BCUT2D eigenvalue weighted by atomic mass is 9.84. The molecule has 1 unspecified atom stereocenters. The van der Waals surface area contributed by atoms with Crippen molar-refractivity contribution in [3.63, 3.8) is 0 Å². The zero-order valence-corrected chi connectivity index (χ0v) is 12.8. The molecule has 1 aromatic rings. The Morgan fingerprint density at radius 3 is 2.60 bits per heavy atom. The Hall–Kier alpha value is -1.02. The zero-order valence-electron chi connectivity index (χ0n) is 12.8. The highest BCUT2D eigenvalue weighted by Gasteiger charge is 2.18. The molecule has 1 aliphatic rings. The van der Waals surface area contributed by atoms with Crippen molar-refractivity contribution in [3.05, 3.63) is 30.3 Å². The van der Waals surface area contributed by atoms with Crippen LogP contribution in [0.2, 0.25) is 0 Å². The predicted octanol–water partition coefficient (Wildman–Crippen LogP) is 4.40. The molecule has 0 aliphatic heterocycles. The number of hydrogen-bond donors (Lipinski definition) is 1. The average molecular weight is 275 g/mol. The fraction of sp³-hybridized carbons (Fsp3) is 0.667. The molecule has 2 nitrogen and oxygen atoms in total. The van der Waals surface area contributed by atoms with Crippen molar-refractivity contribution >= 4 is 0 Å². The van der Waals surface area contributed by atoms with Crippen molar-refractivity contribution in [2.45, 2.75) is 57.9 Å². The summed E-state index contributed by atoms with van der Waals surface area (Å²) in [6.45, 7) is 4.07. The first-order valence-electron chi connectivity index (χ1n) is 8.29. The van der Waals surface area contributed by atoms with Gasteiger partial charge in [0.2, 0.25) is 0 Å². The molecule has 1 fully saturated rings. The molecule has 0 heterocycles. The molecule has 2 heteroatoms. The van der Waals surface area contributed by atoms with Crippen LogP contribution in [0.4, 0.5) is 0 Å². The smallest absolute Gasteiger partial charge is 0.119 e. The van der Waals surface area contributed by atoms with E-state index >= 15 is 0 Å². The van der Waals surface area contributed by atoms with Gasteiger partial charge in [0.15, 0.2) is 0 Å². The van der Waals surface area contributed by atoms with E-state index in [0.29, 0.717) is 6.04 Å². The minimum Gasteiger partial charge on any atom is -0.494 e. The van der Waals surface area contributed by atoms with E-state index in [1.54, 1.807) is 0 Å². The van der Waals surface area contributed by atoms with Crippen molar-refractivity contribution in [3.8, 4) is 5.75 Å². The number of hydrogen-bond acceptors (Lipinski definition) is 2. The molecule has 2 rings (SSSR count). The van der Waals surface area contributed by atoms with Crippen LogP contribution in [0.5, 0.6) is 5.75 Å². The molecule has 20 heavy (non-hydrogen) atoms. The van der Waals surface area contributed by atoms with Crippen LogP contribution in [0, 0.1) is 5.92 Å². The highest BCUT2D eigenvalue weighted by molar-refractivity contribution is 5.20. The molecule has 0 aromatic heterocycles. The fourth-order valence-corrected chi connectivity index (χ4v) is 3.25. The van der Waals surface area contributed by atoms with Crippen molar-refractivity contribution in [2.75, 3.05) is 13.2 Å². The van der Waals surface area contributed by atoms with E-state index in [1.165, 1.54) is 38.5 Å². The molecule has 1 aromatic carbocycles. The van der Waals surface area contributed by atoms with Crippen molar-refractivity contribution in [1.82, 2.24) is 5.32 Å². The summed E-state index contributed by atoms with van der Waals surface area (Å²) < 4.78 is 5.83. The summed E-state index contributed by atoms with van der Waals surface area (Å²) in [5.41, 5.74) is 0. The van der Waals surface area contributed by atoms with Crippen LogP contribution in [0.15, 0.2) is 30.3 Å². The minimum atomic E-state index is 0.617. The number of para-hydroxylation sites is 1. The van der Waals surface area contributed by atoms with Crippen LogP contribution in [-0.4, -0.2) is 19.2 Å². The Bertz CT molecular complexity index is 346. The van der Waals surface area contributed by atoms with E-state index in [4.69, 9.17) is 4.74 Å². The van der Waals surface area contributed by atoms with Crippen molar-refractivity contribution in [2.24, 2.45) is 5.92 Å². The maximum atomic E-state index is 5.83. The van der Waals surface area contributed by atoms with Crippen molar-refractivity contribution < 1.29 is 4.74 Å². The van der Waals surface area contributed by atoms with Gasteiger partial charge in [-0.05, 0) is 37.4 Å². The van der Waals surface area contributed by atoms with Crippen LogP contribution >= 0.6 is 0 Å². The van der Waals surface area contributed by atoms with Gasteiger partial charge < -0.3 is 10.1 Å². The summed E-state index contributed by atoms with van der Waals surface area (Å²) in [4.78, 5) is 0. The topological polar surface area (TPSA) is 21.3 Å². The maximum absolute atomic E-state index is 5.83. The highest BCUT2D eigenvalue weighted by Crippen LogP contribution is 2.28. The normalized spacial score (nSPS) is 17.9. The third-order valence-corrected chi connectivity index (χ3v) is 4.31. The molecular formula is C18H29NO. The third-order valence-electron chi connectivity index (χ3n) is 4.31. The number of benzene rings is 1. The molecular weight excluding hydrogens is 246 g/mol. The van der Waals surface area contributed by atoms with Gasteiger partial charge in [-0.25, -0.2) is 0 Å². The zero-order chi connectivity index (χ0) is 14.0. The molecule has 112 valence electrons. The maximum Gasteiger partial charge on any atom is 0.119 e. The fourth-order valence-electron chi connectivity index (χ4n) is 3.25. The monoisotopic (exact) mass is 275 g/mol. The van der Waals surface area contributed by atoms with Crippen LogP contribution in [0.25, 0.3) is 0 Å². The first kappa shape index (κ1) is 15.4. The van der Waals surface area contributed by atoms with Gasteiger partial charge in [-0.15, -0.1) is 0 Å². The number of rotatable bonds is 8. The Morgan fingerprint density at radius 2 is 1.90 bits per heavy atom. The summed E-state index contributed by atoms with van der Waals surface area (Å²) in [5, 5.41) is 3.64. The summed E-state index contributed by atoms with van der Waals surface area (Å²) in [6, 6.07) is 10.8. The van der Waals surface area contributed by atoms with E-state index in [0.717, 1.165) is 31.2 Å². The van der Waals surface area contributed by atoms with Gasteiger partial charge in [-0.3, -0.25) is 0 Å². The van der Waals surface area contributed by atoms with E-state index in [-0.39, 0.29) is 0 Å². The minimum absolute atomic E-state index is 0.617. The molecule has 1 saturated carbocycles. The highest BCUT2D eigenvalue weighted by atomic mass is 16.5. The third kappa shape index (κ3) is 5.54. The molecule has 0 amide bonds. The molecule has 0 radical (unpaired) electrons. The lowest BCUT2D eigenvalue weighted by Crippen LogP contribution is -2.33. The summed E-state index contributed by atoms with van der Waals surface area (Å²) >= 11 is 0. The first-order chi connectivity index (χ1) is 9.88. The van der Waals surface area contributed by atoms with E-state index in [1.807, 2.05) is 30.3 Å². The molecule has 0 bridgehead atoms. The van der Waals surface area contributed by atoms with Crippen LogP contribution in [-0.2, 0) is 0 Å². The Balaban J connectivity index is 1.71. The second kappa shape index (κ2) is 9.02. The molecule has 0 saturated heterocycles. The number of nitrogens with one attached hydrogen (secondary N) is 1. The standard InChI is InChI=1S/C18H29NO/c1-2-19-17(15-16-9-5-3-6-10-16)13-14-20-18-11-7-4-8-12-18/h4,7-8,11-12,16-17,19H,2-3,5-6,9-10,13-15H2,1H3. The van der Waals surface area contributed by atoms with Gasteiger partial charge in [0, 0.05) is 6.04 Å². The summed E-state index contributed by atoms with van der Waals surface area (Å²) in [7, 11) is 0. The lowest BCUT2D eigenvalue weighted by molar-refractivity contribution is 0.248.